The van der Waals surface area contributed by atoms with Gasteiger partial charge in [0, 0.05) is 18.7 Å². The van der Waals surface area contributed by atoms with Crippen LogP contribution in [-0.2, 0) is 13.2 Å². The van der Waals surface area contributed by atoms with E-state index < -0.39 is 0 Å². The molecule has 0 atom stereocenters. The molecular weight excluding hydrogens is 262 g/mol. The van der Waals surface area contributed by atoms with Gasteiger partial charge in [0.1, 0.15) is 12.4 Å². The van der Waals surface area contributed by atoms with Crippen molar-refractivity contribution < 1.29 is 9.84 Å². The van der Waals surface area contributed by atoms with E-state index in [0.29, 0.717) is 6.61 Å². The van der Waals surface area contributed by atoms with Crippen LogP contribution in [0.25, 0.3) is 0 Å². The minimum Gasteiger partial charge on any atom is -0.489 e. The van der Waals surface area contributed by atoms with Crippen LogP contribution in [-0.4, -0.2) is 18.3 Å². The maximum Gasteiger partial charge on any atom is 0.124 e. The van der Waals surface area contributed by atoms with Gasteiger partial charge in [-0.05, 0) is 37.1 Å². The van der Waals surface area contributed by atoms with Crippen molar-refractivity contribution in [3.63, 3.8) is 0 Å². The summed E-state index contributed by atoms with van der Waals surface area (Å²) in [6.07, 6.45) is 0.770. The maximum absolute atomic E-state index is 8.79. The average Bonchev–Trinajstić information content (AvgIpc) is 2.52. The lowest BCUT2D eigenvalue weighted by molar-refractivity contribution is 0.285. The van der Waals surface area contributed by atoms with Crippen molar-refractivity contribution in [3.8, 4) is 5.75 Å². The highest BCUT2D eigenvalue weighted by molar-refractivity contribution is 5.34. The van der Waals surface area contributed by atoms with Crippen LogP contribution in [0.5, 0.6) is 5.75 Å². The summed E-state index contributed by atoms with van der Waals surface area (Å²) < 4.78 is 5.97. The zero-order valence-electron chi connectivity index (χ0n) is 12.5. The molecule has 112 valence electrons. The molecule has 0 amide bonds. The molecule has 0 aliphatic heterocycles. The van der Waals surface area contributed by atoms with Gasteiger partial charge in [0.2, 0.25) is 0 Å². The Kier molecular flexibility index (Phi) is 6.25. The molecule has 3 nitrogen and oxygen atoms in total. The normalized spacial score (nSPS) is 10.6. The van der Waals surface area contributed by atoms with Gasteiger partial charge < -0.3 is 15.2 Å². The van der Waals surface area contributed by atoms with Gasteiger partial charge in [-0.25, -0.2) is 0 Å². The van der Waals surface area contributed by atoms with Gasteiger partial charge in [0.25, 0.3) is 0 Å². The number of aliphatic hydroxyl groups excluding tert-OH is 1. The molecule has 3 heteroatoms. The van der Waals surface area contributed by atoms with Gasteiger partial charge in [-0.3, -0.25) is 0 Å². The number of para-hydroxylation sites is 1. The maximum atomic E-state index is 8.79. The first-order valence-corrected chi connectivity index (χ1v) is 7.38. The second-order valence-corrected chi connectivity index (χ2v) is 5.08. The van der Waals surface area contributed by atoms with Gasteiger partial charge in [0.15, 0.2) is 0 Å². The summed E-state index contributed by atoms with van der Waals surface area (Å²) in [4.78, 5) is 0. The summed E-state index contributed by atoms with van der Waals surface area (Å²) in [7, 11) is 0. The summed E-state index contributed by atoms with van der Waals surface area (Å²) in [5.74, 6) is 0.914. The Labute approximate surface area is 126 Å². The lowest BCUT2D eigenvalue weighted by atomic mass is 10.1. The lowest BCUT2D eigenvalue weighted by Crippen LogP contribution is -2.16. The highest BCUT2D eigenvalue weighted by Crippen LogP contribution is 2.20. The third-order valence-corrected chi connectivity index (χ3v) is 3.44. The van der Waals surface area contributed by atoms with Crippen LogP contribution >= 0.6 is 0 Å². The third-order valence-electron chi connectivity index (χ3n) is 3.44. The lowest BCUT2D eigenvalue weighted by Gasteiger charge is -2.13. The molecule has 2 aromatic rings. The predicted octanol–water partition coefficient (Wildman–Crippen LogP) is 3.05. The van der Waals surface area contributed by atoms with Crippen molar-refractivity contribution >= 4 is 0 Å². The second kappa shape index (κ2) is 8.45. The molecule has 0 heterocycles. The molecule has 2 aromatic carbocycles. The highest BCUT2D eigenvalue weighted by Gasteiger charge is 2.04. The monoisotopic (exact) mass is 285 g/mol. The van der Waals surface area contributed by atoms with Crippen molar-refractivity contribution in [2.24, 2.45) is 0 Å². The van der Waals surface area contributed by atoms with Crippen molar-refractivity contribution in [3.05, 3.63) is 65.2 Å². The van der Waals surface area contributed by atoms with Crippen LogP contribution in [0.15, 0.2) is 48.5 Å². The Balaban J connectivity index is 1.95. The molecule has 0 radical (unpaired) electrons. The summed E-state index contributed by atoms with van der Waals surface area (Å²) in [6, 6.07) is 16.3. The average molecular weight is 285 g/mol. The van der Waals surface area contributed by atoms with E-state index >= 15 is 0 Å². The Morgan fingerprint density at radius 3 is 2.48 bits per heavy atom. The van der Waals surface area contributed by atoms with Crippen LogP contribution in [0, 0.1) is 6.92 Å². The molecule has 2 rings (SSSR count). The van der Waals surface area contributed by atoms with Crippen LogP contribution in [0.1, 0.15) is 23.1 Å². The Bertz CT molecular complexity index is 554. The van der Waals surface area contributed by atoms with Gasteiger partial charge in [-0.2, -0.15) is 0 Å². The van der Waals surface area contributed by atoms with E-state index in [4.69, 9.17) is 9.84 Å². The minimum atomic E-state index is 0.221. The number of rotatable bonds is 8. The van der Waals surface area contributed by atoms with Gasteiger partial charge >= 0.3 is 0 Å². The van der Waals surface area contributed by atoms with Crippen LogP contribution in [0.3, 0.4) is 0 Å². The fourth-order valence-corrected chi connectivity index (χ4v) is 2.15. The number of aryl methyl sites for hydroxylation is 1. The number of ether oxygens (including phenoxy) is 1. The first-order chi connectivity index (χ1) is 10.3. The first kappa shape index (κ1) is 15.5. The van der Waals surface area contributed by atoms with Crippen LogP contribution < -0.4 is 10.1 Å². The first-order valence-electron chi connectivity index (χ1n) is 7.38. The zero-order chi connectivity index (χ0) is 14.9. The Morgan fingerprint density at radius 2 is 1.71 bits per heavy atom. The summed E-state index contributed by atoms with van der Waals surface area (Å²) >= 11 is 0. The van der Waals surface area contributed by atoms with Crippen molar-refractivity contribution in [2.75, 3.05) is 13.2 Å². The van der Waals surface area contributed by atoms with Gasteiger partial charge in [-0.15, -0.1) is 0 Å². The van der Waals surface area contributed by atoms with E-state index in [9.17, 15) is 0 Å². The molecule has 0 aliphatic rings. The zero-order valence-corrected chi connectivity index (χ0v) is 12.5. The smallest absolute Gasteiger partial charge is 0.124 e. The summed E-state index contributed by atoms with van der Waals surface area (Å²) in [5, 5.41) is 12.1. The van der Waals surface area contributed by atoms with E-state index in [-0.39, 0.29) is 6.61 Å². The van der Waals surface area contributed by atoms with E-state index in [2.05, 4.69) is 30.4 Å². The van der Waals surface area contributed by atoms with E-state index in [1.807, 2.05) is 30.3 Å². The Morgan fingerprint density at radius 1 is 1.00 bits per heavy atom. The standard InChI is InChI=1S/C18H23NO2/c1-15-7-2-3-9-17(15)14-21-18-10-5-4-8-16(18)13-19-11-6-12-20/h2-5,7-10,19-20H,6,11-14H2,1H3. The van der Waals surface area contributed by atoms with Gasteiger partial charge in [0.05, 0.1) is 0 Å². The van der Waals surface area contributed by atoms with E-state index in [1.54, 1.807) is 0 Å². The molecule has 21 heavy (non-hydrogen) atoms. The quantitative estimate of drug-likeness (QED) is 0.733. The molecule has 0 unspecified atom stereocenters. The minimum absolute atomic E-state index is 0.221. The molecule has 0 spiro atoms. The fraction of sp³-hybridized carbons (Fsp3) is 0.333. The van der Waals surface area contributed by atoms with Crippen molar-refractivity contribution in [1.29, 1.82) is 0 Å². The second-order valence-electron chi connectivity index (χ2n) is 5.08. The fourth-order valence-electron chi connectivity index (χ4n) is 2.15. The Hall–Kier alpha value is -1.84. The van der Waals surface area contributed by atoms with Crippen molar-refractivity contribution in [2.45, 2.75) is 26.5 Å². The molecule has 0 fully saturated rings. The van der Waals surface area contributed by atoms with Crippen LogP contribution in [0.4, 0.5) is 0 Å². The molecule has 0 aliphatic carbocycles. The number of aliphatic hydroxyl groups is 1. The van der Waals surface area contributed by atoms with Crippen LogP contribution in [0.2, 0.25) is 0 Å². The molecule has 0 bridgehead atoms. The molecule has 0 saturated heterocycles. The topological polar surface area (TPSA) is 41.5 Å². The molecule has 0 aromatic heterocycles. The number of nitrogens with one attached hydrogen (secondary N) is 1. The highest BCUT2D eigenvalue weighted by atomic mass is 16.5. The molecule has 2 N–H and O–H groups in total. The predicted molar refractivity (Wildman–Crippen MR) is 85.4 cm³/mol. The van der Waals surface area contributed by atoms with Gasteiger partial charge in [-0.1, -0.05) is 42.5 Å². The molecular formula is C18H23NO2. The largest absolute Gasteiger partial charge is 0.489 e. The van der Waals surface area contributed by atoms with Crippen molar-refractivity contribution in [1.82, 2.24) is 5.32 Å². The summed E-state index contributed by atoms with van der Waals surface area (Å²) in [5.41, 5.74) is 3.60. The number of hydrogen-bond donors (Lipinski definition) is 2. The number of hydrogen-bond acceptors (Lipinski definition) is 3. The van der Waals surface area contributed by atoms with E-state index in [1.165, 1.54) is 11.1 Å². The summed E-state index contributed by atoms with van der Waals surface area (Å²) in [6.45, 7) is 4.46. The number of benzene rings is 2. The SMILES string of the molecule is Cc1ccccc1COc1ccccc1CNCCCO. The molecule has 0 saturated carbocycles. The third kappa shape index (κ3) is 4.88. The van der Waals surface area contributed by atoms with E-state index in [0.717, 1.165) is 30.8 Å².